The Hall–Kier alpha value is -3.32. The Bertz CT molecular complexity index is 1170. The number of ether oxygens (including phenoxy) is 1. The highest BCUT2D eigenvalue weighted by atomic mass is 19.4. The summed E-state index contributed by atoms with van der Waals surface area (Å²) in [5.74, 6) is 0. The standard InChI is InChI=1S/C27H30F3N5O2/c1-18-13-34(23-12-32-24(27(28,29)30)8-21(23)11-31)14-19(2)35(18)25(36)37-22-9-26(10-22)16-33(17-26)15-20-6-4-3-5-7-20/h3-8,12,18-19,22H,9-10,13-17H2,1-2H3/t18-,19-/m1/s1. The lowest BCUT2D eigenvalue weighted by atomic mass is 9.61. The number of piperazine rings is 1. The van der Waals surface area contributed by atoms with Crippen LogP contribution in [-0.4, -0.2) is 65.2 Å². The van der Waals surface area contributed by atoms with Crippen LogP contribution < -0.4 is 4.90 Å². The average molecular weight is 514 g/mol. The summed E-state index contributed by atoms with van der Waals surface area (Å²) in [4.78, 5) is 22.5. The SMILES string of the molecule is C[C@@H]1CN(c2cnc(C(F)(F)F)cc2C#N)C[C@@H](C)N1C(=O)OC1CC2(C1)CN(Cc1ccccc1)C2. The van der Waals surface area contributed by atoms with Gasteiger partial charge >= 0.3 is 12.3 Å². The summed E-state index contributed by atoms with van der Waals surface area (Å²) < 4.78 is 44.9. The maximum absolute atomic E-state index is 13.1. The zero-order chi connectivity index (χ0) is 26.4. The molecule has 2 atom stereocenters. The van der Waals surface area contributed by atoms with Crippen molar-refractivity contribution in [1.29, 1.82) is 5.26 Å². The lowest BCUT2D eigenvalue weighted by Crippen LogP contribution is -2.65. The maximum atomic E-state index is 13.1. The number of anilines is 1. The van der Waals surface area contributed by atoms with E-state index in [1.807, 2.05) is 43.0 Å². The van der Waals surface area contributed by atoms with Gasteiger partial charge in [0.05, 0.1) is 29.5 Å². The molecule has 1 aromatic heterocycles. The molecule has 0 unspecified atom stereocenters. The molecule has 3 heterocycles. The van der Waals surface area contributed by atoms with Gasteiger partial charge in [0, 0.05) is 38.1 Å². The van der Waals surface area contributed by atoms with E-state index in [4.69, 9.17) is 4.74 Å². The van der Waals surface area contributed by atoms with Gasteiger partial charge in [0.1, 0.15) is 17.9 Å². The van der Waals surface area contributed by atoms with E-state index in [-0.39, 0.29) is 35.3 Å². The minimum Gasteiger partial charge on any atom is -0.446 e. The van der Waals surface area contributed by atoms with E-state index in [9.17, 15) is 23.2 Å². The zero-order valence-corrected chi connectivity index (χ0v) is 20.9. The van der Waals surface area contributed by atoms with Gasteiger partial charge in [-0.05, 0) is 38.3 Å². The lowest BCUT2D eigenvalue weighted by molar-refractivity contribution is -0.141. The molecular formula is C27H30F3N5O2. The van der Waals surface area contributed by atoms with Crippen molar-refractivity contribution < 1.29 is 22.7 Å². The summed E-state index contributed by atoms with van der Waals surface area (Å²) in [6.07, 6.45) is -2.22. The van der Waals surface area contributed by atoms with Gasteiger partial charge in [-0.15, -0.1) is 0 Å². The van der Waals surface area contributed by atoms with Crippen molar-refractivity contribution in [2.45, 2.75) is 57.6 Å². The van der Waals surface area contributed by atoms with Crippen molar-refractivity contribution in [3.8, 4) is 6.07 Å². The molecule has 3 fully saturated rings. The quantitative estimate of drug-likeness (QED) is 0.592. The van der Waals surface area contributed by atoms with Gasteiger partial charge < -0.3 is 9.64 Å². The van der Waals surface area contributed by atoms with Crippen molar-refractivity contribution in [2.75, 3.05) is 31.1 Å². The van der Waals surface area contributed by atoms with Crippen LogP contribution in [0.5, 0.6) is 0 Å². The Balaban J connectivity index is 1.13. The summed E-state index contributed by atoms with van der Waals surface area (Å²) in [6.45, 7) is 7.46. The van der Waals surface area contributed by atoms with Crippen LogP contribution in [0.4, 0.5) is 23.7 Å². The van der Waals surface area contributed by atoms with E-state index in [0.717, 1.165) is 44.7 Å². The van der Waals surface area contributed by atoms with Crippen molar-refractivity contribution in [3.63, 3.8) is 0 Å². The summed E-state index contributed by atoms with van der Waals surface area (Å²) in [5, 5.41) is 9.44. The smallest absolute Gasteiger partial charge is 0.433 e. The van der Waals surface area contributed by atoms with Gasteiger partial charge in [-0.3, -0.25) is 9.80 Å². The number of hydrogen-bond acceptors (Lipinski definition) is 6. The fraction of sp³-hybridized carbons (Fsp3) is 0.519. The third-order valence-electron chi connectivity index (χ3n) is 7.72. The van der Waals surface area contributed by atoms with Crippen LogP contribution in [0.3, 0.4) is 0 Å². The normalized spacial score (nSPS) is 23.8. The number of nitriles is 1. The van der Waals surface area contributed by atoms with Gasteiger partial charge in [0.15, 0.2) is 0 Å². The molecule has 37 heavy (non-hydrogen) atoms. The Labute approximate surface area is 214 Å². The summed E-state index contributed by atoms with van der Waals surface area (Å²) in [7, 11) is 0. The van der Waals surface area contributed by atoms with Gasteiger partial charge in [-0.2, -0.15) is 18.4 Å². The number of hydrogen-bond donors (Lipinski definition) is 0. The molecule has 10 heteroatoms. The second kappa shape index (κ2) is 9.53. The first kappa shape index (κ1) is 25.3. The Morgan fingerprint density at radius 3 is 2.41 bits per heavy atom. The molecule has 5 rings (SSSR count). The summed E-state index contributed by atoms with van der Waals surface area (Å²) >= 11 is 0. The molecule has 0 N–H and O–H groups in total. The lowest BCUT2D eigenvalue weighted by Gasteiger charge is -2.58. The van der Waals surface area contributed by atoms with Crippen LogP contribution in [-0.2, 0) is 17.5 Å². The average Bonchev–Trinajstić information content (AvgIpc) is 2.80. The Morgan fingerprint density at radius 2 is 1.81 bits per heavy atom. The number of alkyl halides is 3. The fourth-order valence-electron chi connectivity index (χ4n) is 6.13. The highest BCUT2D eigenvalue weighted by Crippen LogP contribution is 2.50. The number of pyridine rings is 1. The van der Waals surface area contributed by atoms with E-state index in [0.29, 0.717) is 18.8 Å². The molecule has 1 spiro atoms. The molecule has 0 radical (unpaired) electrons. The molecule has 1 aliphatic carbocycles. The number of carbonyl (C=O) groups excluding carboxylic acids is 1. The van der Waals surface area contributed by atoms with E-state index >= 15 is 0 Å². The zero-order valence-electron chi connectivity index (χ0n) is 20.9. The predicted octanol–water partition coefficient (Wildman–Crippen LogP) is 4.67. The second-order valence-electron chi connectivity index (χ2n) is 10.8. The minimum absolute atomic E-state index is 0.0840. The molecule has 2 saturated heterocycles. The molecule has 1 amide bonds. The molecule has 2 aromatic rings. The van der Waals surface area contributed by atoms with Crippen LogP contribution in [0.2, 0.25) is 0 Å². The summed E-state index contributed by atoms with van der Waals surface area (Å²) in [6, 6.07) is 12.5. The highest BCUT2D eigenvalue weighted by molar-refractivity contribution is 5.70. The van der Waals surface area contributed by atoms with Crippen molar-refractivity contribution in [1.82, 2.24) is 14.8 Å². The topological polar surface area (TPSA) is 72.7 Å². The molecule has 1 aromatic carbocycles. The van der Waals surface area contributed by atoms with Crippen molar-refractivity contribution in [2.24, 2.45) is 5.41 Å². The fourth-order valence-corrected chi connectivity index (χ4v) is 6.13. The highest BCUT2D eigenvalue weighted by Gasteiger charge is 2.54. The van der Waals surface area contributed by atoms with Crippen LogP contribution in [0.15, 0.2) is 42.6 Å². The van der Waals surface area contributed by atoms with Crippen LogP contribution in [0.25, 0.3) is 0 Å². The molecule has 3 aliphatic rings. The third kappa shape index (κ3) is 5.10. The maximum Gasteiger partial charge on any atom is 0.433 e. The largest absolute Gasteiger partial charge is 0.446 e. The number of nitrogens with zero attached hydrogens (tertiary/aromatic N) is 5. The number of likely N-dealkylation sites (tertiary alicyclic amines) is 1. The van der Waals surface area contributed by atoms with E-state index in [2.05, 4.69) is 22.0 Å². The van der Waals surface area contributed by atoms with Gasteiger partial charge in [0.2, 0.25) is 0 Å². The predicted molar refractivity (Wildman–Crippen MR) is 131 cm³/mol. The number of amides is 1. The molecule has 7 nitrogen and oxygen atoms in total. The van der Waals surface area contributed by atoms with Crippen LogP contribution >= 0.6 is 0 Å². The summed E-state index contributed by atoms with van der Waals surface area (Å²) in [5.41, 5.74) is 0.714. The molecular weight excluding hydrogens is 483 g/mol. The minimum atomic E-state index is -4.62. The van der Waals surface area contributed by atoms with Gasteiger partial charge in [-0.1, -0.05) is 30.3 Å². The monoisotopic (exact) mass is 513 g/mol. The van der Waals surface area contributed by atoms with Crippen LogP contribution in [0.1, 0.15) is 43.5 Å². The first-order chi connectivity index (χ1) is 17.6. The van der Waals surface area contributed by atoms with Crippen molar-refractivity contribution in [3.05, 3.63) is 59.4 Å². The molecule has 0 bridgehead atoms. The third-order valence-corrected chi connectivity index (χ3v) is 7.72. The van der Waals surface area contributed by atoms with Crippen LogP contribution in [0, 0.1) is 16.7 Å². The van der Waals surface area contributed by atoms with E-state index in [1.54, 1.807) is 4.90 Å². The molecule has 1 saturated carbocycles. The number of halogens is 3. The molecule has 196 valence electrons. The number of aromatic nitrogens is 1. The van der Waals surface area contributed by atoms with E-state index < -0.39 is 11.9 Å². The van der Waals surface area contributed by atoms with Crippen molar-refractivity contribution >= 4 is 11.8 Å². The number of carbonyl (C=O) groups is 1. The Morgan fingerprint density at radius 1 is 1.16 bits per heavy atom. The molecule has 2 aliphatic heterocycles. The van der Waals surface area contributed by atoms with Gasteiger partial charge in [0.25, 0.3) is 0 Å². The first-order valence-corrected chi connectivity index (χ1v) is 12.5. The number of rotatable bonds is 4. The Kier molecular flexibility index (Phi) is 6.52. The number of benzene rings is 1. The van der Waals surface area contributed by atoms with E-state index in [1.165, 1.54) is 5.56 Å². The van der Waals surface area contributed by atoms with Gasteiger partial charge in [-0.25, -0.2) is 9.78 Å². The first-order valence-electron chi connectivity index (χ1n) is 12.5. The second-order valence-corrected chi connectivity index (χ2v) is 10.8.